The van der Waals surface area contributed by atoms with Gasteiger partial charge < -0.3 is 48.8 Å². The smallest absolute Gasteiger partial charge is 0.408 e. The molecule has 0 radical (unpaired) electrons. The Hall–Kier alpha value is -4.84. The first-order valence-corrected chi connectivity index (χ1v) is 17.3. The number of nitrogens with one attached hydrogen (secondary N) is 3. The van der Waals surface area contributed by atoms with Gasteiger partial charge in [-0.2, -0.15) is 0 Å². The number of thioether (sulfide) groups is 1. The number of aromatic amines is 1. The Bertz CT molecular complexity index is 1620. The van der Waals surface area contributed by atoms with Crippen LogP contribution in [0.5, 0.6) is 0 Å². The average Bonchev–Trinajstić information content (AvgIpc) is 3.44. The molecule has 1 aliphatic rings. The fourth-order valence-electron chi connectivity index (χ4n) is 5.28. The van der Waals surface area contributed by atoms with Crippen molar-refractivity contribution in [2.75, 3.05) is 19.5 Å². The number of fused-ring (bicyclic) bond motifs is 1. The third kappa shape index (κ3) is 12.4. The molecule has 17 nitrogen and oxygen atoms in total. The SMILES string of the molecule is COC(=O)[C@H](CS[C@H]1O[C@H](COC(C)=O)[C@@H](OC(C)=O)[C@H](OC(C)=O)[C@H]1OC(C)=O)NC(=O)[C@H](Cc1c[nH]c2ccccc12)NC(=O)OC(C)(C)C. The number of alkyl carbamates (subject to hydrolysis) is 1. The number of ether oxygens (including phenoxy) is 7. The molecule has 1 aliphatic heterocycles. The molecule has 52 heavy (non-hydrogen) atoms. The molecule has 1 aromatic heterocycles. The largest absolute Gasteiger partial charge is 0.467 e. The van der Waals surface area contributed by atoms with Crippen LogP contribution >= 0.6 is 11.8 Å². The third-order valence-corrected chi connectivity index (χ3v) is 8.52. The summed E-state index contributed by atoms with van der Waals surface area (Å²) in [6, 6.07) is 4.79. The quantitative estimate of drug-likeness (QED) is 0.186. The standard InChI is InChI=1S/C34H45N3O14S/c1-17(38)46-15-26-27(47-18(2)39)28(48-19(3)40)29(49-20(4)41)32(50-26)52-16-25(31(43)45-8)36-30(42)24(37-33(44)51-34(5,6)7)13-21-14-35-23-12-10-9-11-22(21)23/h9-12,14,24-29,32,35H,13,15-16H2,1-8H3,(H,36,42)(H,37,44)/t24-,25-,26+,27+,28-,29+,32+/m0/s1. The predicted molar refractivity (Wildman–Crippen MR) is 184 cm³/mol. The van der Waals surface area contributed by atoms with E-state index in [9.17, 15) is 33.6 Å². The maximum atomic E-state index is 13.9. The Kier molecular flexibility index (Phi) is 14.9. The van der Waals surface area contributed by atoms with Gasteiger partial charge in [-0.3, -0.25) is 24.0 Å². The zero-order chi connectivity index (χ0) is 38.7. The van der Waals surface area contributed by atoms with Crippen LogP contribution in [0.3, 0.4) is 0 Å². The van der Waals surface area contributed by atoms with E-state index in [1.807, 2.05) is 24.3 Å². The van der Waals surface area contributed by atoms with E-state index in [1.54, 1.807) is 27.0 Å². The number of aromatic nitrogens is 1. The highest BCUT2D eigenvalue weighted by atomic mass is 32.2. The summed E-state index contributed by atoms with van der Waals surface area (Å²) in [4.78, 5) is 91.0. The molecular weight excluding hydrogens is 706 g/mol. The lowest BCUT2D eigenvalue weighted by atomic mass is 9.99. The van der Waals surface area contributed by atoms with Crippen molar-refractivity contribution in [3.63, 3.8) is 0 Å². The normalized spacial score (nSPS) is 21.1. The van der Waals surface area contributed by atoms with Crippen LogP contribution in [0.15, 0.2) is 30.5 Å². The number of carbonyl (C=O) groups is 7. The lowest BCUT2D eigenvalue weighted by molar-refractivity contribution is -0.237. The Morgan fingerprint density at radius 1 is 0.846 bits per heavy atom. The Labute approximate surface area is 304 Å². The molecule has 0 saturated carbocycles. The van der Waals surface area contributed by atoms with Crippen LogP contribution in [-0.2, 0) is 68.3 Å². The maximum absolute atomic E-state index is 13.9. The van der Waals surface area contributed by atoms with Crippen molar-refractivity contribution >= 4 is 64.5 Å². The monoisotopic (exact) mass is 751 g/mol. The number of carbonyl (C=O) groups excluding carboxylic acids is 7. The topological polar surface area (TPSA) is 224 Å². The Morgan fingerprint density at radius 3 is 2.06 bits per heavy atom. The number of para-hydroxylation sites is 1. The number of benzene rings is 1. The first-order valence-electron chi connectivity index (χ1n) is 16.2. The van der Waals surface area contributed by atoms with Crippen LogP contribution in [0.4, 0.5) is 4.79 Å². The fraction of sp³-hybridized carbons (Fsp3) is 0.559. The van der Waals surface area contributed by atoms with Crippen molar-refractivity contribution in [3.05, 3.63) is 36.0 Å². The van der Waals surface area contributed by atoms with Crippen molar-refractivity contribution < 1.29 is 66.7 Å². The van der Waals surface area contributed by atoms with Crippen LogP contribution < -0.4 is 10.6 Å². The minimum absolute atomic E-state index is 0.00974. The van der Waals surface area contributed by atoms with Gasteiger partial charge in [-0.25, -0.2) is 9.59 Å². The summed E-state index contributed by atoms with van der Waals surface area (Å²) in [5, 5.41) is 6.02. The molecule has 0 aliphatic carbocycles. The van der Waals surface area contributed by atoms with Crippen molar-refractivity contribution in [2.45, 2.75) is 102 Å². The van der Waals surface area contributed by atoms with Crippen LogP contribution in [0, 0.1) is 0 Å². The van der Waals surface area contributed by atoms with E-state index < -0.39 is 96.0 Å². The van der Waals surface area contributed by atoms with E-state index in [0.717, 1.165) is 57.5 Å². The highest BCUT2D eigenvalue weighted by molar-refractivity contribution is 7.99. The number of hydrogen-bond donors (Lipinski definition) is 3. The minimum atomic E-state index is -1.43. The average molecular weight is 752 g/mol. The van der Waals surface area contributed by atoms with Crippen LogP contribution in [-0.4, -0.2) is 114 Å². The molecule has 286 valence electrons. The molecule has 2 heterocycles. The molecular formula is C34H45N3O14S. The summed E-state index contributed by atoms with van der Waals surface area (Å²) in [6.45, 7) is 8.99. The molecule has 0 spiro atoms. The van der Waals surface area contributed by atoms with Gasteiger partial charge in [0.15, 0.2) is 18.3 Å². The molecule has 3 N–H and O–H groups in total. The molecule has 1 aromatic carbocycles. The summed E-state index contributed by atoms with van der Waals surface area (Å²) in [5.74, 6) is -4.98. The summed E-state index contributed by atoms with van der Waals surface area (Å²) >= 11 is 0.867. The predicted octanol–water partition coefficient (Wildman–Crippen LogP) is 2.08. The van der Waals surface area contributed by atoms with E-state index >= 15 is 0 Å². The number of methoxy groups -OCH3 is 1. The van der Waals surface area contributed by atoms with E-state index in [0.29, 0.717) is 5.56 Å². The van der Waals surface area contributed by atoms with Gasteiger partial charge in [0.2, 0.25) is 5.91 Å². The minimum Gasteiger partial charge on any atom is -0.467 e. The lowest BCUT2D eigenvalue weighted by Gasteiger charge is -2.44. The van der Waals surface area contributed by atoms with Crippen LogP contribution in [0.1, 0.15) is 54.0 Å². The molecule has 0 unspecified atom stereocenters. The zero-order valence-electron chi connectivity index (χ0n) is 30.2. The van der Waals surface area contributed by atoms with Gasteiger partial charge in [0.05, 0.1) is 7.11 Å². The summed E-state index contributed by atoms with van der Waals surface area (Å²) in [6.07, 6.45) is -4.57. The first-order chi connectivity index (χ1) is 24.4. The molecule has 18 heteroatoms. The molecule has 2 aromatic rings. The van der Waals surface area contributed by atoms with Crippen LogP contribution in [0.2, 0.25) is 0 Å². The second-order valence-electron chi connectivity index (χ2n) is 12.7. The molecule has 2 amide bonds. The lowest BCUT2D eigenvalue weighted by Crippen LogP contribution is -2.62. The first kappa shape index (κ1) is 41.6. The fourth-order valence-corrected chi connectivity index (χ4v) is 6.50. The maximum Gasteiger partial charge on any atom is 0.408 e. The van der Waals surface area contributed by atoms with Gasteiger partial charge in [-0.15, -0.1) is 11.8 Å². The molecule has 1 fully saturated rings. The van der Waals surface area contributed by atoms with E-state index in [1.165, 1.54) is 0 Å². The van der Waals surface area contributed by atoms with Gasteiger partial charge in [0.25, 0.3) is 0 Å². The molecule has 7 atom stereocenters. The van der Waals surface area contributed by atoms with Crippen molar-refractivity contribution in [2.24, 2.45) is 0 Å². The van der Waals surface area contributed by atoms with Crippen LogP contribution in [0.25, 0.3) is 10.9 Å². The number of amides is 2. The second-order valence-corrected chi connectivity index (χ2v) is 13.9. The van der Waals surface area contributed by atoms with Gasteiger partial charge >= 0.3 is 35.9 Å². The second kappa shape index (κ2) is 18.6. The summed E-state index contributed by atoms with van der Waals surface area (Å²) < 4.78 is 37.9. The molecule has 3 rings (SSSR count). The van der Waals surface area contributed by atoms with Crippen molar-refractivity contribution in [3.8, 4) is 0 Å². The Morgan fingerprint density at radius 2 is 1.46 bits per heavy atom. The van der Waals surface area contributed by atoms with E-state index in [2.05, 4.69) is 15.6 Å². The number of rotatable bonds is 14. The van der Waals surface area contributed by atoms with E-state index in [-0.39, 0.29) is 12.2 Å². The zero-order valence-corrected chi connectivity index (χ0v) is 31.0. The number of H-pyrrole nitrogens is 1. The van der Waals surface area contributed by atoms with Gasteiger partial charge in [0.1, 0.15) is 35.8 Å². The molecule has 0 bridgehead atoms. The number of esters is 5. The summed E-state index contributed by atoms with van der Waals surface area (Å²) in [5.41, 5.74) is -0.594. The third-order valence-electron chi connectivity index (χ3n) is 7.28. The molecule has 1 saturated heterocycles. The van der Waals surface area contributed by atoms with Gasteiger partial charge in [-0.1, -0.05) is 18.2 Å². The summed E-state index contributed by atoms with van der Waals surface area (Å²) in [7, 11) is 1.11. The highest BCUT2D eigenvalue weighted by Gasteiger charge is 2.52. The Balaban J connectivity index is 1.92. The highest BCUT2D eigenvalue weighted by Crippen LogP contribution is 2.35. The van der Waals surface area contributed by atoms with Gasteiger partial charge in [0, 0.05) is 57.0 Å². The van der Waals surface area contributed by atoms with Crippen molar-refractivity contribution in [1.82, 2.24) is 15.6 Å². The van der Waals surface area contributed by atoms with Crippen molar-refractivity contribution in [1.29, 1.82) is 0 Å². The van der Waals surface area contributed by atoms with E-state index in [4.69, 9.17) is 33.2 Å². The van der Waals surface area contributed by atoms with Gasteiger partial charge in [-0.05, 0) is 32.4 Å². The number of hydrogen-bond acceptors (Lipinski definition) is 15.